The Balaban J connectivity index is 2.23. The Morgan fingerprint density at radius 2 is 2.29 bits per heavy atom. The maximum atomic E-state index is 5.35. The number of amidine groups is 1. The lowest BCUT2D eigenvalue weighted by molar-refractivity contribution is 0.132. The predicted octanol–water partition coefficient (Wildman–Crippen LogP) is 1.97. The van der Waals surface area contributed by atoms with E-state index in [-0.39, 0.29) is 0 Å². The summed E-state index contributed by atoms with van der Waals surface area (Å²) in [6.45, 7) is 6.72. The van der Waals surface area contributed by atoms with E-state index in [0.717, 1.165) is 26.2 Å². The van der Waals surface area contributed by atoms with Crippen LogP contribution in [0.25, 0.3) is 0 Å². The van der Waals surface area contributed by atoms with Crippen LogP contribution in [0.15, 0.2) is 4.99 Å². The highest BCUT2D eigenvalue weighted by Crippen LogP contribution is 2.06. The van der Waals surface area contributed by atoms with Gasteiger partial charge in [0.25, 0.3) is 0 Å². The van der Waals surface area contributed by atoms with Crippen molar-refractivity contribution < 1.29 is 4.74 Å². The molecular weight excluding hydrogens is 176 g/mol. The van der Waals surface area contributed by atoms with Gasteiger partial charge in [0.15, 0.2) is 0 Å². The fourth-order valence-corrected chi connectivity index (χ4v) is 1.61. The largest absolute Gasteiger partial charge is 0.380 e. The lowest BCUT2D eigenvalue weighted by Crippen LogP contribution is -2.35. The van der Waals surface area contributed by atoms with Gasteiger partial charge in [-0.05, 0) is 26.7 Å². The first kappa shape index (κ1) is 11.5. The lowest BCUT2D eigenvalue weighted by atomic mass is 10.2. The van der Waals surface area contributed by atoms with E-state index in [0.29, 0.717) is 6.04 Å². The number of nitrogens with one attached hydrogen (secondary N) is 1. The van der Waals surface area contributed by atoms with Gasteiger partial charge in [-0.25, -0.2) is 0 Å². The summed E-state index contributed by atoms with van der Waals surface area (Å²) in [5.74, 6) is 1.18. The molecule has 0 amide bonds. The minimum absolute atomic E-state index is 0.381. The summed E-state index contributed by atoms with van der Waals surface area (Å²) < 4.78 is 5.35. The molecule has 1 unspecified atom stereocenters. The zero-order valence-electron chi connectivity index (χ0n) is 9.38. The van der Waals surface area contributed by atoms with E-state index in [1.54, 1.807) is 0 Å². The van der Waals surface area contributed by atoms with E-state index >= 15 is 0 Å². The molecule has 0 spiro atoms. The summed E-state index contributed by atoms with van der Waals surface area (Å²) in [5, 5.41) is 3.42. The summed E-state index contributed by atoms with van der Waals surface area (Å²) >= 11 is 0. The van der Waals surface area contributed by atoms with Crippen molar-refractivity contribution in [3.05, 3.63) is 0 Å². The van der Waals surface area contributed by atoms with E-state index in [4.69, 9.17) is 4.74 Å². The lowest BCUT2D eigenvalue weighted by Gasteiger charge is -2.15. The average Bonchev–Trinajstić information content (AvgIpc) is 2.43. The molecule has 0 aliphatic carbocycles. The van der Waals surface area contributed by atoms with E-state index in [1.165, 1.54) is 25.1 Å². The van der Waals surface area contributed by atoms with Crippen LogP contribution < -0.4 is 5.32 Å². The van der Waals surface area contributed by atoms with Crippen LogP contribution in [0.2, 0.25) is 0 Å². The van der Waals surface area contributed by atoms with E-state index < -0.39 is 0 Å². The molecule has 1 heterocycles. The monoisotopic (exact) mass is 198 g/mol. The fourth-order valence-electron chi connectivity index (χ4n) is 1.61. The van der Waals surface area contributed by atoms with Gasteiger partial charge in [0, 0.05) is 25.6 Å². The third-order valence-corrected chi connectivity index (χ3v) is 2.36. The van der Waals surface area contributed by atoms with Gasteiger partial charge >= 0.3 is 0 Å². The van der Waals surface area contributed by atoms with Crippen molar-refractivity contribution in [3.63, 3.8) is 0 Å². The topological polar surface area (TPSA) is 33.6 Å². The Hall–Kier alpha value is -0.570. The first-order chi connectivity index (χ1) is 6.83. The van der Waals surface area contributed by atoms with Crippen LogP contribution in [0.4, 0.5) is 0 Å². The number of hydrogen-bond donors (Lipinski definition) is 1. The highest BCUT2D eigenvalue weighted by Gasteiger charge is 2.07. The van der Waals surface area contributed by atoms with Crippen molar-refractivity contribution in [3.8, 4) is 0 Å². The molecule has 0 radical (unpaired) electrons. The van der Waals surface area contributed by atoms with Crippen LogP contribution in [-0.2, 0) is 4.74 Å². The first-order valence-corrected chi connectivity index (χ1v) is 5.70. The molecular formula is C11H22N2O. The molecule has 1 rings (SSSR count). The van der Waals surface area contributed by atoms with Crippen molar-refractivity contribution in [2.24, 2.45) is 4.99 Å². The molecule has 0 aromatic carbocycles. The Morgan fingerprint density at radius 3 is 3.07 bits per heavy atom. The molecule has 0 saturated carbocycles. The minimum atomic E-state index is 0.381. The minimum Gasteiger partial charge on any atom is -0.380 e. The molecule has 0 bridgehead atoms. The third kappa shape index (κ3) is 4.61. The summed E-state index contributed by atoms with van der Waals surface area (Å²) in [5.41, 5.74) is 0. The molecule has 1 aliphatic heterocycles. The molecule has 0 fully saturated rings. The molecule has 3 nitrogen and oxygen atoms in total. The molecule has 0 saturated heterocycles. The summed E-state index contributed by atoms with van der Waals surface area (Å²) in [6, 6.07) is 0.381. The number of aliphatic imine (C=N–C) groups is 1. The second kappa shape index (κ2) is 6.82. The first-order valence-electron chi connectivity index (χ1n) is 5.70. The highest BCUT2D eigenvalue weighted by atomic mass is 16.5. The van der Waals surface area contributed by atoms with Crippen molar-refractivity contribution in [1.29, 1.82) is 0 Å². The standard InChI is InChI=1S/C11H22N2O/c1-3-14-9-10(2)13-11-7-5-4-6-8-12-11/h10H,3-9H2,1-2H3,(H,12,13). The molecule has 1 atom stereocenters. The second-order valence-corrected chi connectivity index (χ2v) is 3.84. The van der Waals surface area contributed by atoms with Crippen LogP contribution in [0.1, 0.15) is 39.5 Å². The fraction of sp³-hybridized carbons (Fsp3) is 0.909. The van der Waals surface area contributed by atoms with Gasteiger partial charge < -0.3 is 10.1 Å². The molecule has 82 valence electrons. The van der Waals surface area contributed by atoms with E-state index in [1.807, 2.05) is 6.92 Å². The van der Waals surface area contributed by atoms with Crippen molar-refractivity contribution in [2.45, 2.75) is 45.6 Å². The maximum absolute atomic E-state index is 5.35. The normalized spacial score (nSPS) is 19.7. The van der Waals surface area contributed by atoms with Gasteiger partial charge in [-0.3, -0.25) is 4.99 Å². The predicted molar refractivity (Wildman–Crippen MR) is 59.9 cm³/mol. The van der Waals surface area contributed by atoms with Gasteiger partial charge in [-0.15, -0.1) is 0 Å². The zero-order valence-corrected chi connectivity index (χ0v) is 9.38. The Morgan fingerprint density at radius 1 is 1.43 bits per heavy atom. The number of hydrogen-bond acceptors (Lipinski definition) is 3. The number of ether oxygens (including phenoxy) is 1. The second-order valence-electron chi connectivity index (χ2n) is 3.84. The number of rotatable bonds is 4. The maximum Gasteiger partial charge on any atom is 0.0965 e. The van der Waals surface area contributed by atoms with Crippen LogP contribution >= 0.6 is 0 Å². The van der Waals surface area contributed by atoms with Crippen molar-refractivity contribution >= 4 is 5.84 Å². The van der Waals surface area contributed by atoms with Gasteiger partial charge in [0.05, 0.1) is 12.4 Å². The van der Waals surface area contributed by atoms with Crippen molar-refractivity contribution in [2.75, 3.05) is 19.8 Å². The Kier molecular flexibility index (Phi) is 5.60. The number of nitrogens with zero attached hydrogens (tertiary/aromatic N) is 1. The third-order valence-electron chi connectivity index (χ3n) is 2.36. The molecule has 3 heteroatoms. The highest BCUT2D eigenvalue weighted by molar-refractivity contribution is 5.82. The van der Waals surface area contributed by atoms with Gasteiger partial charge in [-0.2, -0.15) is 0 Å². The molecule has 0 aromatic heterocycles. The Bertz CT molecular complexity index is 180. The quantitative estimate of drug-likeness (QED) is 0.749. The smallest absolute Gasteiger partial charge is 0.0965 e. The van der Waals surface area contributed by atoms with E-state index in [9.17, 15) is 0 Å². The molecule has 14 heavy (non-hydrogen) atoms. The molecule has 1 N–H and O–H groups in total. The van der Waals surface area contributed by atoms with Gasteiger partial charge in [0.1, 0.15) is 0 Å². The molecule has 1 aliphatic rings. The van der Waals surface area contributed by atoms with Gasteiger partial charge in [-0.1, -0.05) is 6.42 Å². The average molecular weight is 198 g/mol. The summed E-state index contributed by atoms with van der Waals surface area (Å²) in [7, 11) is 0. The van der Waals surface area contributed by atoms with Crippen LogP contribution in [0.3, 0.4) is 0 Å². The van der Waals surface area contributed by atoms with Crippen LogP contribution in [0, 0.1) is 0 Å². The van der Waals surface area contributed by atoms with E-state index in [2.05, 4.69) is 17.2 Å². The summed E-state index contributed by atoms with van der Waals surface area (Å²) in [6.07, 6.45) is 4.93. The Labute approximate surface area is 86.9 Å². The summed E-state index contributed by atoms with van der Waals surface area (Å²) in [4.78, 5) is 4.52. The SMILES string of the molecule is CCOCC(C)NC1=NCCCCC1. The molecule has 0 aromatic rings. The van der Waals surface area contributed by atoms with Crippen LogP contribution in [-0.4, -0.2) is 31.6 Å². The van der Waals surface area contributed by atoms with Gasteiger partial charge in [0.2, 0.25) is 0 Å². The van der Waals surface area contributed by atoms with Crippen molar-refractivity contribution in [1.82, 2.24) is 5.32 Å². The zero-order chi connectivity index (χ0) is 10.2. The van der Waals surface area contributed by atoms with Crippen LogP contribution in [0.5, 0.6) is 0 Å².